The first kappa shape index (κ1) is 22.3. The number of carbonyl (C=O) groups is 2. The van der Waals surface area contributed by atoms with E-state index in [-0.39, 0.29) is 23.5 Å². The van der Waals surface area contributed by atoms with Gasteiger partial charge in [0.05, 0.1) is 12.7 Å². The SMILES string of the molecule is O=C(Nc1ccnn1Cc1c(Cl)cccc1Cl)C1CCN(C(=O)c2ccc(F)cc2)CC1. The van der Waals surface area contributed by atoms with E-state index in [1.54, 1.807) is 40.0 Å². The van der Waals surface area contributed by atoms with Crippen LogP contribution in [0.25, 0.3) is 0 Å². The van der Waals surface area contributed by atoms with Crippen LogP contribution in [-0.2, 0) is 11.3 Å². The molecule has 2 amide bonds. The number of aromatic nitrogens is 2. The summed E-state index contributed by atoms with van der Waals surface area (Å²) in [6, 6.07) is 12.5. The number of nitrogens with zero attached hydrogens (tertiary/aromatic N) is 3. The molecule has 1 aromatic heterocycles. The lowest BCUT2D eigenvalue weighted by Crippen LogP contribution is -2.41. The van der Waals surface area contributed by atoms with Gasteiger partial charge in [0.1, 0.15) is 11.6 Å². The van der Waals surface area contributed by atoms with Crippen molar-refractivity contribution in [3.05, 3.63) is 81.7 Å². The van der Waals surface area contributed by atoms with Crippen molar-refractivity contribution in [2.45, 2.75) is 19.4 Å². The van der Waals surface area contributed by atoms with Gasteiger partial charge >= 0.3 is 0 Å². The van der Waals surface area contributed by atoms with Gasteiger partial charge < -0.3 is 10.2 Å². The largest absolute Gasteiger partial charge is 0.339 e. The summed E-state index contributed by atoms with van der Waals surface area (Å²) in [7, 11) is 0. The molecular formula is C23H21Cl2FN4O2. The van der Waals surface area contributed by atoms with Crippen LogP contribution in [0.4, 0.5) is 10.2 Å². The van der Waals surface area contributed by atoms with Crippen molar-refractivity contribution in [2.24, 2.45) is 5.92 Å². The fourth-order valence-corrected chi connectivity index (χ4v) is 4.26. The molecule has 0 unspecified atom stereocenters. The van der Waals surface area contributed by atoms with E-state index in [4.69, 9.17) is 23.2 Å². The summed E-state index contributed by atoms with van der Waals surface area (Å²) in [5.74, 6) is -0.326. The Bertz CT molecular complexity index is 1110. The third kappa shape index (κ3) is 4.95. The highest BCUT2D eigenvalue weighted by atomic mass is 35.5. The molecule has 0 bridgehead atoms. The number of nitrogens with one attached hydrogen (secondary N) is 1. The van der Waals surface area contributed by atoms with Crippen LogP contribution >= 0.6 is 23.2 Å². The van der Waals surface area contributed by atoms with Gasteiger partial charge in [0.25, 0.3) is 5.91 Å². The maximum absolute atomic E-state index is 13.1. The predicted octanol–water partition coefficient (Wildman–Crippen LogP) is 4.87. The highest BCUT2D eigenvalue weighted by molar-refractivity contribution is 6.36. The Hall–Kier alpha value is -2.90. The zero-order valence-corrected chi connectivity index (χ0v) is 18.6. The fraction of sp³-hybridized carbons (Fsp3) is 0.261. The molecule has 9 heteroatoms. The number of hydrogen-bond acceptors (Lipinski definition) is 3. The van der Waals surface area contributed by atoms with Crippen molar-refractivity contribution in [1.29, 1.82) is 0 Å². The normalized spacial score (nSPS) is 14.4. The molecule has 1 fully saturated rings. The van der Waals surface area contributed by atoms with E-state index in [0.29, 0.717) is 53.9 Å². The van der Waals surface area contributed by atoms with Crippen LogP contribution in [0.2, 0.25) is 10.0 Å². The van der Waals surface area contributed by atoms with Gasteiger partial charge in [-0.1, -0.05) is 29.3 Å². The van der Waals surface area contributed by atoms with E-state index in [1.807, 2.05) is 0 Å². The topological polar surface area (TPSA) is 67.2 Å². The zero-order chi connectivity index (χ0) is 22.7. The molecule has 2 heterocycles. The third-order valence-electron chi connectivity index (χ3n) is 5.58. The number of piperidine rings is 1. The lowest BCUT2D eigenvalue weighted by atomic mass is 9.95. The summed E-state index contributed by atoms with van der Waals surface area (Å²) in [6.07, 6.45) is 2.69. The fourth-order valence-electron chi connectivity index (χ4n) is 3.75. The predicted molar refractivity (Wildman–Crippen MR) is 121 cm³/mol. The van der Waals surface area contributed by atoms with Gasteiger partial charge in [-0.15, -0.1) is 0 Å². The lowest BCUT2D eigenvalue weighted by molar-refractivity contribution is -0.121. The molecule has 0 saturated carbocycles. The number of carbonyl (C=O) groups excluding carboxylic acids is 2. The van der Waals surface area contributed by atoms with Gasteiger partial charge in [-0.05, 0) is 49.2 Å². The van der Waals surface area contributed by atoms with Crippen LogP contribution in [0, 0.1) is 11.7 Å². The monoisotopic (exact) mass is 474 g/mol. The van der Waals surface area contributed by atoms with Gasteiger partial charge in [-0.2, -0.15) is 5.10 Å². The summed E-state index contributed by atoms with van der Waals surface area (Å²) < 4.78 is 14.7. The Morgan fingerprint density at radius 1 is 1.03 bits per heavy atom. The van der Waals surface area contributed by atoms with Crippen LogP contribution < -0.4 is 5.32 Å². The standard InChI is InChI=1S/C23H21Cl2FN4O2/c24-19-2-1-3-20(25)18(19)14-30-21(8-11-27-30)28-22(31)15-9-12-29(13-10-15)23(32)16-4-6-17(26)7-5-16/h1-8,11,15H,9-10,12-14H2,(H,28,31). The number of halogens is 3. The van der Waals surface area contributed by atoms with Crippen molar-refractivity contribution in [1.82, 2.24) is 14.7 Å². The Morgan fingerprint density at radius 3 is 2.34 bits per heavy atom. The van der Waals surface area contributed by atoms with Crippen LogP contribution in [0.5, 0.6) is 0 Å². The first-order valence-corrected chi connectivity index (χ1v) is 11.0. The minimum absolute atomic E-state index is 0.120. The summed E-state index contributed by atoms with van der Waals surface area (Å²) >= 11 is 12.5. The highest BCUT2D eigenvalue weighted by Gasteiger charge is 2.28. The molecule has 6 nitrogen and oxygen atoms in total. The van der Waals surface area contributed by atoms with Crippen molar-refractivity contribution in [3.63, 3.8) is 0 Å². The maximum atomic E-state index is 13.1. The highest BCUT2D eigenvalue weighted by Crippen LogP contribution is 2.26. The average Bonchev–Trinajstić information content (AvgIpc) is 3.23. The summed E-state index contributed by atoms with van der Waals surface area (Å²) in [5.41, 5.74) is 1.17. The van der Waals surface area contributed by atoms with E-state index >= 15 is 0 Å². The molecule has 1 N–H and O–H groups in total. The van der Waals surface area contributed by atoms with E-state index in [1.165, 1.54) is 24.3 Å². The average molecular weight is 475 g/mol. The van der Waals surface area contributed by atoms with Crippen LogP contribution in [0.15, 0.2) is 54.7 Å². The summed E-state index contributed by atoms with van der Waals surface area (Å²) in [5, 5.41) is 8.27. The van der Waals surface area contributed by atoms with Crippen molar-refractivity contribution in [2.75, 3.05) is 18.4 Å². The van der Waals surface area contributed by atoms with Gasteiger partial charge in [0, 0.05) is 46.2 Å². The minimum atomic E-state index is -0.382. The van der Waals surface area contributed by atoms with E-state index in [0.717, 1.165) is 5.56 Å². The van der Waals surface area contributed by atoms with Gasteiger partial charge in [-0.3, -0.25) is 9.59 Å². The number of amides is 2. The molecule has 0 aliphatic carbocycles. The first-order chi connectivity index (χ1) is 15.4. The van der Waals surface area contributed by atoms with E-state index in [2.05, 4.69) is 10.4 Å². The number of rotatable bonds is 5. The van der Waals surface area contributed by atoms with Gasteiger partial charge in [0.2, 0.25) is 5.91 Å². The quantitative estimate of drug-likeness (QED) is 0.573. The molecule has 32 heavy (non-hydrogen) atoms. The second kappa shape index (κ2) is 9.71. The Balaban J connectivity index is 1.35. The lowest BCUT2D eigenvalue weighted by Gasteiger charge is -2.31. The van der Waals surface area contributed by atoms with E-state index < -0.39 is 0 Å². The van der Waals surface area contributed by atoms with Gasteiger partial charge in [-0.25, -0.2) is 9.07 Å². The summed E-state index contributed by atoms with van der Waals surface area (Å²) in [4.78, 5) is 27.1. The molecule has 1 aliphatic rings. The molecule has 2 aromatic carbocycles. The van der Waals surface area contributed by atoms with E-state index in [9.17, 15) is 14.0 Å². The number of anilines is 1. The molecule has 3 aromatic rings. The molecule has 0 radical (unpaired) electrons. The maximum Gasteiger partial charge on any atom is 0.253 e. The van der Waals surface area contributed by atoms with Crippen molar-refractivity contribution < 1.29 is 14.0 Å². The zero-order valence-electron chi connectivity index (χ0n) is 17.1. The van der Waals surface area contributed by atoms with Crippen LogP contribution in [-0.4, -0.2) is 39.6 Å². The smallest absolute Gasteiger partial charge is 0.253 e. The molecule has 166 valence electrons. The first-order valence-electron chi connectivity index (χ1n) is 10.2. The molecule has 4 rings (SSSR count). The Labute approximate surface area is 194 Å². The molecule has 1 saturated heterocycles. The second-order valence-corrected chi connectivity index (χ2v) is 8.45. The van der Waals surface area contributed by atoms with Crippen LogP contribution in [0.1, 0.15) is 28.8 Å². The second-order valence-electron chi connectivity index (χ2n) is 7.64. The summed E-state index contributed by atoms with van der Waals surface area (Å²) in [6.45, 7) is 1.25. The molecule has 0 atom stereocenters. The van der Waals surface area contributed by atoms with Crippen molar-refractivity contribution >= 4 is 40.8 Å². The molecule has 1 aliphatic heterocycles. The number of benzene rings is 2. The Kier molecular flexibility index (Phi) is 6.77. The van der Waals surface area contributed by atoms with Gasteiger partial charge in [0.15, 0.2) is 0 Å². The number of likely N-dealkylation sites (tertiary alicyclic amines) is 1. The number of hydrogen-bond donors (Lipinski definition) is 1. The van der Waals surface area contributed by atoms with Crippen molar-refractivity contribution in [3.8, 4) is 0 Å². The Morgan fingerprint density at radius 2 is 1.69 bits per heavy atom. The third-order valence-corrected chi connectivity index (χ3v) is 6.29. The minimum Gasteiger partial charge on any atom is -0.339 e. The van der Waals surface area contributed by atoms with Crippen LogP contribution in [0.3, 0.4) is 0 Å². The molecular weight excluding hydrogens is 454 g/mol. The molecule has 0 spiro atoms.